The van der Waals surface area contributed by atoms with E-state index in [0.29, 0.717) is 47.5 Å². The Bertz CT molecular complexity index is 861. The van der Waals surface area contributed by atoms with Crippen LogP contribution in [0.15, 0.2) is 48.6 Å². The predicted octanol–water partition coefficient (Wildman–Crippen LogP) is 3.93. The minimum absolute atomic E-state index is 0.0794. The molecule has 2 aromatic rings. The Labute approximate surface area is 181 Å². The second kappa shape index (κ2) is 11.2. The lowest BCUT2D eigenvalue weighted by molar-refractivity contribution is -0.117. The van der Waals surface area contributed by atoms with E-state index < -0.39 is 0 Å². The predicted molar refractivity (Wildman–Crippen MR) is 117 cm³/mol. The highest BCUT2D eigenvalue weighted by Crippen LogP contribution is 2.42. The number of anilines is 1. The molecule has 0 N–H and O–H groups in total. The van der Waals surface area contributed by atoms with Crippen LogP contribution >= 0.6 is 11.6 Å². The van der Waals surface area contributed by atoms with Gasteiger partial charge in [0.1, 0.15) is 6.61 Å². The van der Waals surface area contributed by atoms with E-state index in [4.69, 9.17) is 35.3 Å². The number of alkyl halides is 1. The van der Waals surface area contributed by atoms with E-state index in [1.165, 1.54) is 21.3 Å². The smallest absolute Gasteiger partial charge is 0.255 e. The highest BCUT2D eigenvalue weighted by atomic mass is 35.5. The van der Waals surface area contributed by atoms with Gasteiger partial charge in [0, 0.05) is 17.7 Å². The number of para-hydroxylation sites is 2. The number of hydrogen-bond acceptors (Lipinski definition) is 6. The van der Waals surface area contributed by atoms with Gasteiger partial charge in [-0.25, -0.2) is 0 Å². The van der Waals surface area contributed by atoms with E-state index >= 15 is 0 Å². The Morgan fingerprint density at radius 2 is 1.50 bits per heavy atom. The molecule has 0 unspecified atom stereocenters. The van der Waals surface area contributed by atoms with Gasteiger partial charge in [0.2, 0.25) is 5.75 Å². The van der Waals surface area contributed by atoms with E-state index in [-0.39, 0.29) is 5.91 Å². The molecule has 0 spiro atoms. The van der Waals surface area contributed by atoms with Crippen molar-refractivity contribution in [3.63, 3.8) is 0 Å². The Balaban J connectivity index is 0.000000232. The third-order valence-corrected chi connectivity index (χ3v) is 4.42. The van der Waals surface area contributed by atoms with Crippen molar-refractivity contribution in [3.05, 3.63) is 48.6 Å². The SMILES string of the molecule is C=C1CN(c2cc(OC)c(OC)c(OC)c2)C1=O.COc1ccccc1OCCCl. The highest BCUT2D eigenvalue weighted by Gasteiger charge is 2.31. The summed E-state index contributed by atoms with van der Waals surface area (Å²) in [5.74, 6) is 3.44. The van der Waals surface area contributed by atoms with Crippen LogP contribution in [0.3, 0.4) is 0 Å². The maximum atomic E-state index is 11.6. The normalized spacial score (nSPS) is 12.4. The number of hydrogen-bond donors (Lipinski definition) is 0. The van der Waals surface area contributed by atoms with E-state index in [9.17, 15) is 4.79 Å². The molecule has 1 aliphatic heterocycles. The quantitative estimate of drug-likeness (QED) is 0.355. The molecule has 0 atom stereocenters. The minimum Gasteiger partial charge on any atom is -0.493 e. The fourth-order valence-electron chi connectivity index (χ4n) is 2.75. The van der Waals surface area contributed by atoms with Crippen molar-refractivity contribution >= 4 is 23.2 Å². The van der Waals surface area contributed by atoms with Gasteiger partial charge in [-0.1, -0.05) is 18.7 Å². The van der Waals surface area contributed by atoms with Gasteiger partial charge in [0.05, 0.1) is 46.6 Å². The number of ether oxygens (including phenoxy) is 5. The van der Waals surface area contributed by atoms with Crippen LogP contribution in [-0.4, -0.2) is 53.4 Å². The lowest BCUT2D eigenvalue weighted by Crippen LogP contribution is -2.45. The number of methoxy groups -OCH3 is 4. The summed E-state index contributed by atoms with van der Waals surface area (Å²) in [5, 5.41) is 0. The summed E-state index contributed by atoms with van der Waals surface area (Å²) in [5.41, 5.74) is 1.31. The fraction of sp³-hybridized carbons (Fsp3) is 0.318. The number of halogens is 1. The van der Waals surface area contributed by atoms with E-state index in [2.05, 4.69) is 6.58 Å². The molecule has 162 valence electrons. The van der Waals surface area contributed by atoms with Gasteiger partial charge in [-0.05, 0) is 12.1 Å². The molecule has 0 radical (unpaired) electrons. The molecule has 30 heavy (non-hydrogen) atoms. The molecular formula is C22H26ClNO6. The molecule has 0 aromatic heterocycles. The summed E-state index contributed by atoms with van der Waals surface area (Å²) < 4.78 is 26.1. The Hall–Kier alpha value is -3.06. The zero-order valence-electron chi connectivity index (χ0n) is 17.6. The molecule has 1 heterocycles. The van der Waals surface area contributed by atoms with E-state index in [1.54, 1.807) is 24.1 Å². The number of β-lactam (4-membered cyclic amide) rings is 1. The lowest BCUT2D eigenvalue weighted by Gasteiger charge is -2.33. The third-order valence-electron chi connectivity index (χ3n) is 4.26. The van der Waals surface area contributed by atoms with Crippen LogP contribution in [0, 0.1) is 0 Å². The first-order valence-corrected chi connectivity index (χ1v) is 9.65. The summed E-state index contributed by atoms with van der Waals surface area (Å²) >= 11 is 5.48. The third kappa shape index (κ3) is 5.30. The molecule has 0 bridgehead atoms. The second-order valence-corrected chi connectivity index (χ2v) is 6.44. The van der Waals surface area contributed by atoms with Crippen LogP contribution in [0.1, 0.15) is 0 Å². The van der Waals surface area contributed by atoms with Crippen molar-refractivity contribution < 1.29 is 28.5 Å². The molecule has 1 saturated heterocycles. The van der Waals surface area contributed by atoms with Crippen molar-refractivity contribution in [1.82, 2.24) is 0 Å². The molecule has 3 rings (SSSR count). The molecule has 8 heteroatoms. The molecule has 1 fully saturated rings. The summed E-state index contributed by atoms with van der Waals surface area (Å²) in [6, 6.07) is 11.0. The molecule has 0 saturated carbocycles. The molecule has 1 amide bonds. The van der Waals surface area contributed by atoms with Crippen molar-refractivity contribution in [3.8, 4) is 28.7 Å². The van der Waals surface area contributed by atoms with Crippen molar-refractivity contribution in [2.45, 2.75) is 0 Å². The zero-order valence-corrected chi connectivity index (χ0v) is 18.3. The first-order chi connectivity index (χ1) is 14.5. The average molecular weight is 436 g/mol. The standard InChI is InChI=1S/C13H15NO4.C9H11ClO2/c1-8-7-14(13(8)15)9-5-10(16-2)12(18-4)11(6-9)17-3;1-11-8-4-2-3-5-9(8)12-7-6-10/h5-6H,1,7H2,2-4H3;2-5H,6-7H2,1H3. The van der Waals surface area contributed by atoms with Gasteiger partial charge in [-0.3, -0.25) is 4.79 Å². The molecular weight excluding hydrogens is 410 g/mol. The first kappa shape index (κ1) is 23.2. The molecule has 7 nitrogen and oxygen atoms in total. The lowest BCUT2D eigenvalue weighted by atomic mass is 10.1. The van der Waals surface area contributed by atoms with Crippen LogP contribution in [0.25, 0.3) is 0 Å². The van der Waals surface area contributed by atoms with Crippen LogP contribution in [0.4, 0.5) is 5.69 Å². The summed E-state index contributed by atoms with van der Waals surface area (Å²) in [7, 11) is 6.23. The number of carbonyl (C=O) groups excluding carboxylic acids is 1. The number of benzene rings is 2. The largest absolute Gasteiger partial charge is 0.493 e. The Morgan fingerprint density at radius 1 is 0.933 bits per heavy atom. The number of nitrogens with zero attached hydrogens (tertiary/aromatic N) is 1. The van der Waals surface area contributed by atoms with Gasteiger partial charge >= 0.3 is 0 Å². The van der Waals surface area contributed by atoms with Gasteiger partial charge in [-0.15, -0.1) is 11.6 Å². The van der Waals surface area contributed by atoms with Crippen LogP contribution in [0.2, 0.25) is 0 Å². The number of carbonyl (C=O) groups is 1. The average Bonchev–Trinajstić information content (AvgIpc) is 2.80. The first-order valence-electron chi connectivity index (χ1n) is 9.12. The maximum absolute atomic E-state index is 11.6. The van der Waals surface area contributed by atoms with Gasteiger partial charge < -0.3 is 28.6 Å². The summed E-state index contributed by atoms with van der Waals surface area (Å²) in [4.78, 5) is 13.2. The summed E-state index contributed by atoms with van der Waals surface area (Å²) in [6.07, 6.45) is 0. The highest BCUT2D eigenvalue weighted by molar-refractivity contribution is 6.18. The van der Waals surface area contributed by atoms with Gasteiger partial charge in [-0.2, -0.15) is 0 Å². The molecule has 0 aliphatic carbocycles. The minimum atomic E-state index is -0.0794. The topological polar surface area (TPSA) is 66.5 Å². The zero-order chi connectivity index (χ0) is 22.1. The van der Waals surface area contributed by atoms with Crippen LogP contribution in [-0.2, 0) is 4.79 Å². The van der Waals surface area contributed by atoms with Crippen molar-refractivity contribution in [1.29, 1.82) is 0 Å². The molecule has 1 aliphatic rings. The maximum Gasteiger partial charge on any atom is 0.255 e. The number of amides is 1. The van der Waals surface area contributed by atoms with Gasteiger partial charge in [0.25, 0.3) is 5.91 Å². The van der Waals surface area contributed by atoms with Crippen LogP contribution in [0.5, 0.6) is 28.7 Å². The second-order valence-electron chi connectivity index (χ2n) is 6.07. The van der Waals surface area contributed by atoms with E-state index in [0.717, 1.165) is 11.5 Å². The van der Waals surface area contributed by atoms with Gasteiger partial charge in [0.15, 0.2) is 23.0 Å². The van der Waals surface area contributed by atoms with Crippen molar-refractivity contribution in [2.75, 3.05) is 52.4 Å². The summed E-state index contributed by atoms with van der Waals surface area (Å²) in [6.45, 7) is 4.68. The Kier molecular flexibility index (Phi) is 8.68. The van der Waals surface area contributed by atoms with E-state index in [1.807, 2.05) is 24.3 Å². The monoisotopic (exact) mass is 435 g/mol. The number of rotatable bonds is 8. The Morgan fingerprint density at radius 3 is 1.93 bits per heavy atom. The van der Waals surface area contributed by atoms with Crippen LogP contribution < -0.4 is 28.6 Å². The van der Waals surface area contributed by atoms with Crippen molar-refractivity contribution in [2.24, 2.45) is 0 Å². The molecule has 2 aromatic carbocycles. The fourth-order valence-corrected chi connectivity index (χ4v) is 2.83.